The van der Waals surface area contributed by atoms with Gasteiger partial charge in [0.2, 0.25) is 5.91 Å². The van der Waals surface area contributed by atoms with Crippen molar-refractivity contribution in [3.8, 4) is 0 Å². The summed E-state index contributed by atoms with van der Waals surface area (Å²) in [5.74, 6) is -0.941. The summed E-state index contributed by atoms with van der Waals surface area (Å²) in [6.07, 6.45) is -4.38. The van der Waals surface area contributed by atoms with Gasteiger partial charge in [0.1, 0.15) is 0 Å². The van der Waals surface area contributed by atoms with Gasteiger partial charge in [0.05, 0.1) is 28.6 Å². The molecule has 1 aliphatic heterocycles. The predicted octanol–water partition coefficient (Wildman–Crippen LogP) is 1.78. The van der Waals surface area contributed by atoms with Crippen LogP contribution in [0.4, 0.5) is 23.7 Å². The van der Waals surface area contributed by atoms with E-state index in [1.165, 1.54) is 6.07 Å². The summed E-state index contributed by atoms with van der Waals surface area (Å²) in [6, 6.07) is 1.60. The fourth-order valence-corrected chi connectivity index (χ4v) is 4.23. The van der Waals surface area contributed by atoms with E-state index in [1.54, 1.807) is 0 Å². The van der Waals surface area contributed by atoms with Crippen LogP contribution in [-0.4, -0.2) is 44.4 Å². The monoisotopic (exact) mass is 413 g/mol. The summed E-state index contributed by atoms with van der Waals surface area (Å²) >= 11 is 5.48. The molecule has 1 aliphatic rings. The third-order valence-electron chi connectivity index (χ3n) is 3.53. The van der Waals surface area contributed by atoms with Crippen molar-refractivity contribution in [1.29, 1.82) is 0 Å². The molecule has 0 spiro atoms. The molecule has 0 saturated carbocycles. The fourth-order valence-electron chi connectivity index (χ4n) is 2.33. The first kappa shape index (κ1) is 20.3. The quantitative estimate of drug-likeness (QED) is 0.699. The lowest BCUT2D eigenvalue weighted by molar-refractivity contribution is -0.137. The number of halogens is 4. The lowest BCUT2D eigenvalue weighted by Crippen LogP contribution is -2.45. The molecule has 0 radical (unpaired) electrons. The van der Waals surface area contributed by atoms with Crippen molar-refractivity contribution in [2.75, 3.05) is 23.4 Å². The smallest absolute Gasteiger partial charge is 0.334 e. The number of anilines is 1. The molecule has 26 heavy (non-hydrogen) atoms. The molecule has 1 heterocycles. The first-order valence-electron chi connectivity index (χ1n) is 7.38. The Morgan fingerprint density at radius 3 is 2.54 bits per heavy atom. The van der Waals surface area contributed by atoms with Gasteiger partial charge in [-0.1, -0.05) is 11.6 Å². The van der Waals surface area contributed by atoms with E-state index in [9.17, 15) is 31.2 Å². The van der Waals surface area contributed by atoms with Crippen LogP contribution in [0.2, 0.25) is 5.02 Å². The molecule has 1 fully saturated rings. The van der Waals surface area contributed by atoms with Gasteiger partial charge in [-0.3, -0.25) is 4.79 Å². The third-order valence-corrected chi connectivity index (χ3v) is 5.63. The van der Waals surface area contributed by atoms with E-state index >= 15 is 0 Å². The maximum atomic E-state index is 12.8. The molecule has 3 amide bonds. The normalized spacial score (nSPS) is 19.0. The van der Waals surface area contributed by atoms with Crippen molar-refractivity contribution in [3.05, 3.63) is 28.8 Å². The molecule has 1 aromatic carbocycles. The zero-order valence-corrected chi connectivity index (χ0v) is 14.8. The molecule has 7 nitrogen and oxygen atoms in total. The second-order valence-electron chi connectivity index (χ2n) is 5.67. The van der Waals surface area contributed by atoms with Gasteiger partial charge >= 0.3 is 12.2 Å². The largest absolute Gasteiger partial charge is 0.417 e. The van der Waals surface area contributed by atoms with Crippen LogP contribution < -0.4 is 16.0 Å². The van der Waals surface area contributed by atoms with Crippen molar-refractivity contribution >= 4 is 39.1 Å². The number of hydrogen-bond donors (Lipinski definition) is 3. The molecule has 3 N–H and O–H groups in total. The SMILES string of the molecule is O=C(CNC(=O)N[C@@H]1CCS(=O)(=O)C1)Nc1ccc(Cl)c(C(F)(F)F)c1. The van der Waals surface area contributed by atoms with Crippen molar-refractivity contribution in [3.63, 3.8) is 0 Å². The zero-order chi connectivity index (χ0) is 19.5. The summed E-state index contributed by atoms with van der Waals surface area (Å²) in [4.78, 5) is 23.4. The van der Waals surface area contributed by atoms with Gasteiger partial charge in [0, 0.05) is 11.7 Å². The maximum absolute atomic E-state index is 12.8. The average Bonchev–Trinajstić information content (AvgIpc) is 2.85. The number of carbonyl (C=O) groups is 2. The van der Waals surface area contributed by atoms with Crippen LogP contribution in [0.5, 0.6) is 0 Å². The molecular weight excluding hydrogens is 399 g/mol. The van der Waals surface area contributed by atoms with Crippen molar-refractivity contribution in [2.24, 2.45) is 0 Å². The van der Waals surface area contributed by atoms with Gasteiger partial charge in [-0.05, 0) is 24.6 Å². The van der Waals surface area contributed by atoms with Crippen LogP contribution in [0.3, 0.4) is 0 Å². The highest BCUT2D eigenvalue weighted by Gasteiger charge is 2.33. The highest BCUT2D eigenvalue weighted by molar-refractivity contribution is 7.91. The maximum Gasteiger partial charge on any atom is 0.417 e. The van der Waals surface area contributed by atoms with E-state index in [1.807, 2.05) is 0 Å². The van der Waals surface area contributed by atoms with E-state index in [2.05, 4.69) is 16.0 Å². The summed E-state index contributed by atoms with van der Waals surface area (Å²) in [6.45, 7) is -0.505. The molecule has 1 aromatic rings. The Bertz CT molecular complexity index is 814. The topological polar surface area (TPSA) is 104 Å². The molecule has 2 rings (SSSR count). The fraction of sp³-hybridized carbons (Fsp3) is 0.429. The molecule has 0 unspecified atom stereocenters. The van der Waals surface area contributed by atoms with Crippen LogP contribution in [-0.2, 0) is 20.8 Å². The second-order valence-corrected chi connectivity index (χ2v) is 8.30. The molecule has 12 heteroatoms. The molecule has 1 saturated heterocycles. The Labute approximate surface area is 152 Å². The Hall–Kier alpha value is -2.01. The molecule has 0 aliphatic carbocycles. The summed E-state index contributed by atoms with van der Waals surface area (Å²) in [7, 11) is -3.16. The van der Waals surface area contributed by atoms with Gasteiger partial charge in [-0.15, -0.1) is 0 Å². The van der Waals surface area contributed by atoms with Gasteiger partial charge in [0.25, 0.3) is 0 Å². The van der Waals surface area contributed by atoms with Crippen LogP contribution in [0, 0.1) is 0 Å². The van der Waals surface area contributed by atoms with E-state index in [0.717, 1.165) is 6.07 Å². The zero-order valence-electron chi connectivity index (χ0n) is 13.2. The number of nitrogens with one attached hydrogen (secondary N) is 3. The standard InChI is InChI=1S/C14H15ClF3N3O4S/c15-11-2-1-8(5-10(11)14(16,17)18)20-12(22)6-19-13(23)21-9-3-4-26(24,25)7-9/h1-2,5,9H,3-4,6-7H2,(H,20,22)(H2,19,21,23)/t9-/m1/s1. The molecule has 1 atom stereocenters. The highest BCUT2D eigenvalue weighted by Crippen LogP contribution is 2.36. The van der Waals surface area contributed by atoms with Gasteiger partial charge < -0.3 is 16.0 Å². The van der Waals surface area contributed by atoms with E-state index in [4.69, 9.17) is 11.6 Å². The molecule has 0 aromatic heterocycles. The minimum Gasteiger partial charge on any atom is -0.334 e. The molecule has 144 valence electrons. The lowest BCUT2D eigenvalue weighted by Gasteiger charge is -2.13. The summed E-state index contributed by atoms with van der Waals surface area (Å²) in [5.41, 5.74) is -1.22. The van der Waals surface area contributed by atoms with Gasteiger partial charge in [-0.2, -0.15) is 13.2 Å². The summed E-state index contributed by atoms with van der Waals surface area (Å²) < 4.78 is 60.9. The van der Waals surface area contributed by atoms with Gasteiger partial charge in [-0.25, -0.2) is 13.2 Å². The minimum atomic E-state index is -4.67. The Morgan fingerprint density at radius 2 is 1.96 bits per heavy atom. The first-order chi connectivity index (χ1) is 12.0. The summed E-state index contributed by atoms with van der Waals surface area (Å²) in [5, 5.41) is 6.33. The number of urea groups is 1. The highest BCUT2D eigenvalue weighted by atomic mass is 35.5. The predicted molar refractivity (Wildman–Crippen MR) is 88.7 cm³/mol. The number of sulfone groups is 1. The number of rotatable bonds is 4. The minimum absolute atomic E-state index is 0.0173. The van der Waals surface area contributed by atoms with Crippen LogP contribution in [0.1, 0.15) is 12.0 Å². The van der Waals surface area contributed by atoms with E-state index in [0.29, 0.717) is 6.07 Å². The Morgan fingerprint density at radius 1 is 1.27 bits per heavy atom. The van der Waals surface area contributed by atoms with Gasteiger partial charge in [0.15, 0.2) is 9.84 Å². The number of amides is 3. The van der Waals surface area contributed by atoms with Crippen LogP contribution >= 0.6 is 11.6 Å². The molecule has 0 bridgehead atoms. The third kappa shape index (κ3) is 5.77. The lowest BCUT2D eigenvalue weighted by atomic mass is 10.2. The van der Waals surface area contributed by atoms with Crippen molar-refractivity contribution in [1.82, 2.24) is 10.6 Å². The number of alkyl halides is 3. The van der Waals surface area contributed by atoms with Crippen LogP contribution in [0.15, 0.2) is 18.2 Å². The first-order valence-corrected chi connectivity index (χ1v) is 9.57. The van der Waals surface area contributed by atoms with Crippen molar-refractivity contribution < 1.29 is 31.2 Å². The number of hydrogen-bond acceptors (Lipinski definition) is 4. The van der Waals surface area contributed by atoms with Crippen LogP contribution in [0.25, 0.3) is 0 Å². The van der Waals surface area contributed by atoms with Crippen molar-refractivity contribution in [2.45, 2.75) is 18.6 Å². The molecular formula is C14H15ClF3N3O4S. The number of benzene rings is 1. The average molecular weight is 414 g/mol. The van der Waals surface area contributed by atoms with E-state index in [-0.39, 0.29) is 23.6 Å². The second kappa shape index (κ2) is 7.70. The Kier molecular flexibility index (Phi) is 6.02. The Balaban J connectivity index is 1.84. The number of carbonyl (C=O) groups excluding carboxylic acids is 2. The van der Waals surface area contributed by atoms with E-state index < -0.39 is 51.1 Å².